The Morgan fingerprint density at radius 3 is 2.08 bits per heavy atom. The van der Waals surface area contributed by atoms with Crippen LogP contribution in [0.5, 0.6) is 0 Å². The van der Waals surface area contributed by atoms with Gasteiger partial charge in [0.2, 0.25) is 0 Å². The van der Waals surface area contributed by atoms with Crippen molar-refractivity contribution in [2.24, 2.45) is 11.0 Å². The van der Waals surface area contributed by atoms with E-state index in [0.717, 1.165) is 59.9 Å². The molecule has 1 saturated carbocycles. The molecule has 1 aliphatic heterocycles. The summed E-state index contributed by atoms with van der Waals surface area (Å²) in [6, 6.07) is 16.9. The third kappa shape index (κ3) is 5.03. The third-order valence-electron chi connectivity index (χ3n) is 6.70. The van der Waals surface area contributed by atoms with Gasteiger partial charge in [-0.25, -0.2) is 5.01 Å². The van der Waals surface area contributed by atoms with E-state index in [1.54, 1.807) is 24.3 Å². The smallest absolute Gasteiger partial charge is 0.267 e. The predicted molar refractivity (Wildman–Crippen MR) is 144 cm³/mol. The minimum absolute atomic E-state index is 0.138. The number of nitro groups is 2. The van der Waals surface area contributed by atoms with E-state index < -0.39 is 33.2 Å². The lowest BCUT2D eigenvalue weighted by atomic mass is 9.77. The van der Waals surface area contributed by atoms with Gasteiger partial charge in [-0.2, -0.15) is 5.10 Å². The van der Waals surface area contributed by atoms with Gasteiger partial charge in [0, 0.05) is 28.1 Å². The number of halogens is 2. The molecule has 2 aliphatic rings. The van der Waals surface area contributed by atoms with Crippen LogP contribution in [0.15, 0.2) is 77.4 Å². The topological polar surface area (TPSA) is 119 Å². The van der Waals surface area contributed by atoms with Gasteiger partial charge in [-0.05, 0) is 66.3 Å². The van der Waals surface area contributed by atoms with Crippen molar-refractivity contribution in [1.29, 1.82) is 0 Å². The number of nitro benzene ring substituents is 2. The third-order valence-corrected chi connectivity index (χ3v) is 7.21. The lowest BCUT2D eigenvalue weighted by molar-refractivity contribution is -0.394. The number of amides is 1. The zero-order valence-electron chi connectivity index (χ0n) is 19.8. The first kappa shape index (κ1) is 25.6. The van der Waals surface area contributed by atoms with Crippen molar-refractivity contribution >= 4 is 52.3 Å². The summed E-state index contributed by atoms with van der Waals surface area (Å²) in [7, 11) is 0. The summed E-state index contributed by atoms with van der Waals surface area (Å²) in [5.41, 5.74) is 2.18. The van der Waals surface area contributed by atoms with Gasteiger partial charge in [0.25, 0.3) is 17.3 Å². The molecule has 1 fully saturated rings. The van der Waals surface area contributed by atoms with Crippen LogP contribution in [0.3, 0.4) is 0 Å². The van der Waals surface area contributed by atoms with Crippen molar-refractivity contribution in [2.75, 3.05) is 0 Å². The highest BCUT2D eigenvalue weighted by Gasteiger charge is 2.44. The number of carbonyl (C=O) groups is 1. The van der Waals surface area contributed by atoms with Crippen LogP contribution in [0.2, 0.25) is 10.0 Å². The summed E-state index contributed by atoms with van der Waals surface area (Å²) in [5.74, 6) is -0.800. The Balaban J connectivity index is 1.61. The number of non-ortho nitro benzene ring substituents is 2. The minimum atomic E-state index is -0.761. The predicted octanol–water partition coefficient (Wildman–Crippen LogP) is 7.25. The monoisotopic (exact) mass is 550 g/mol. The number of allylic oxidation sites excluding steroid dienone is 1. The fraction of sp³-hybridized carbons (Fsp3) is 0.185. The van der Waals surface area contributed by atoms with Gasteiger partial charge in [0.05, 0.1) is 33.2 Å². The highest BCUT2D eigenvalue weighted by Crippen LogP contribution is 2.45. The first-order chi connectivity index (χ1) is 18.2. The molecule has 0 radical (unpaired) electrons. The molecule has 1 heterocycles. The normalized spacial score (nSPS) is 19.7. The summed E-state index contributed by atoms with van der Waals surface area (Å²) in [5, 5.41) is 30.1. The number of hydrazone groups is 1. The molecule has 2 unspecified atom stereocenters. The van der Waals surface area contributed by atoms with Gasteiger partial charge in [0.15, 0.2) is 0 Å². The molecule has 0 spiro atoms. The molecular weight excluding hydrogens is 531 g/mol. The number of fused-ring (bicyclic) bond motifs is 1. The van der Waals surface area contributed by atoms with E-state index in [4.69, 9.17) is 28.3 Å². The zero-order chi connectivity index (χ0) is 27.0. The first-order valence-electron chi connectivity index (χ1n) is 11.8. The van der Waals surface area contributed by atoms with Crippen LogP contribution in [-0.4, -0.2) is 26.5 Å². The number of benzene rings is 3. The SMILES string of the molecule is O=C(c1cc([N+](=O)[O-])cc([N+](=O)[O-])c1)N1N=C2C(=Cc3ccc(Cl)cc3)CCCC2C1c1ccc(Cl)cc1. The fourth-order valence-corrected chi connectivity index (χ4v) is 5.24. The second kappa shape index (κ2) is 10.4. The molecule has 2 atom stereocenters. The molecule has 0 bridgehead atoms. The quantitative estimate of drug-likeness (QED) is 0.245. The maximum atomic E-state index is 13.8. The number of hydrogen-bond acceptors (Lipinski definition) is 6. The van der Waals surface area contributed by atoms with Gasteiger partial charge in [0.1, 0.15) is 0 Å². The van der Waals surface area contributed by atoms with Crippen LogP contribution < -0.4 is 0 Å². The van der Waals surface area contributed by atoms with Gasteiger partial charge in [-0.3, -0.25) is 25.0 Å². The van der Waals surface area contributed by atoms with Crippen LogP contribution in [0.1, 0.15) is 46.8 Å². The summed E-state index contributed by atoms with van der Waals surface area (Å²) in [4.78, 5) is 35.2. The zero-order valence-corrected chi connectivity index (χ0v) is 21.3. The number of hydrogen-bond donors (Lipinski definition) is 0. The second-order valence-electron chi connectivity index (χ2n) is 9.10. The molecule has 0 N–H and O–H groups in total. The molecule has 3 aromatic rings. The van der Waals surface area contributed by atoms with Gasteiger partial charge < -0.3 is 0 Å². The molecule has 3 aromatic carbocycles. The maximum Gasteiger partial charge on any atom is 0.277 e. The standard InChI is InChI=1S/C27H20Cl2N4O5/c28-20-8-4-16(5-9-20)12-18-2-1-3-24-25(18)30-31(26(24)17-6-10-21(29)11-7-17)27(34)19-13-22(32(35)36)15-23(14-19)33(37)38/h4-15,24,26H,1-3H2. The lowest BCUT2D eigenvalue weighted by Crippen LogP contribution is -2.32. The van der Waals surface area contributed by atoms with Crippen LogP contribution in [0, 0.1) is 26.1 Å². The molecule has 11 heteroatoms. The molecular formula is C27H20Cl2N4O5. The van der Waals surface area contributed by atoms with E-state index in [2.05, 4.69) is 0 Å². The Bertz CT molecular complexity index is 1470. The summed E-state index contributed by atoms with van der Waals surface area (Å²) in [6.45, 7) is 0. The van der Waals surface area contributed by atoms with Gasteiger partial charge in [-0.1, -0.05) is 47.5 Å². The Hall–Kier alpha value is -4.08. The van der Waals surface area contributed by atoms with Crippen LogP contribution in [0.25, 0.3) is 6.08 Å². The number of rotatable bonds is 5. The summed E-state index contributed by atoms with van der Waals surface area (Å²) < 4.78 is 0. The van der Waals surface area contributed by atoms with Crippen molar-refractivity contribution in [3.8, 4) is 0 Å². The first-order valence-corrected chi connectivity index (χ1v) is 12.5. The molecule has 0 aromatic heterocycles. The van der Waals surface area contributed by atoms with E-state index in [-0.39, 0.29) is 11.5 Å². The number of carbonyl (C=O) groups excluding carboxylic acids is 1. The van der Waals surface area contributed by atoms with Crippen LogP contribution in [0.4, 0.5) is 11.4 Å². The largest absolute Gasteiger partial charge is 0.277 e. The Labute approximate surface area is 227 Å². The molecule has 9 nitrogen and oxygen atoms in total. The average Bonchev–Trinajstić information content (AvgIpc) is 3.30. The highest BCUT2D eigenvalue weighted by atomic mass is 35.5. The molecule has 1 amide bonds. The Morgan fingerprint density at radius 2 is 1.50 bits per heavy atom. The Morgan fingerprint density at radius 1 is 0.921 bits per heavy atom. The van der Waals surface area contributed by atoms with E-state index >= 15 is 0 Å². The van der Waals surface area contributed by atoms with Crippen molar-refractivity contribution in [3.05, 3.63) is 119 Å². The van der Waals surface area contributed by atoms with Crippen LogP contribution in [-0.2, 0) is 0 Å². The molecule has 192 valence electrons. The Kier molecular flexibility index (Phi) is 6.96. The van der Waals surface area contributed by atoms with Gasteiger partial charge in [-0.15, -0.1) is 0 Å². The molecule has 0 saturated heterocycles. The van der Waals surface area contributed by atoms with Crippen molar-refractivity contribution in [1.82, 2.24) is 5.01 Å². The van der Waals surface area contributed by atoms with Crippen molar-refractivity contribution in [2.45, 2.75) is 25.3 Å². The fourth-order valence-electron chi connectivity index (χ4n) is 4.98. The summed E-state index contributed by atoms with van der Waals surface area (Å²) in [6.07, 6.45) is 4.42. The molecule has 5 rings (SSSR count). The lowest BCUT2D eigenvalue weighted by Gasteiger charge is -2.29. The average molecular weight is 551 g/mol. The van der Waals surface area contributed by atoms with E-state index in [9.17, 15) is 25.0 Å². The second-order valence-corrected chi connectivity index (χ2v) is 9.98. The highest BCUT2D eigenvalue weighted by molar-refractivity contribution is 6.30. The van der Waals surface area contributed by atoms with Gasteiger partial charge >= 0.3 is 0 Å². The van der Waals surface area contributed by atoms with E-state index in [1.165, 1.54) is 5.01 Å². The van der Waals surface area contributed by atoms with E-state index in [0.29, 0.717) is 10.0 Å². The maximum absolute atomic E-state index is 13.8. The molecule has 1 aliphatic carbocycles. The molecule has 38 heavy (non-hydrogen) atoms. The summed E-state index contributed by atoms with van der Waals surface area (Å²) >= 11 is 12.1. The van der Waals surface area contributed by atoms with Crippen LogP contribution >= 0.6 is 23.2 Å². The van der Waals surface area contributed by atoms with Crippen molar-refractivity contribution < 1.29 is 14.6 Å². The number of nitrogens with zero attached hydrogens (tertiary/aromatic N) is 4. The minimum Gasteiger partial charge on any atom is -0.267 e. The van der Waals surface area contributed by atoms with E-state index in [1.807, 2.05) is 30.3 Å². The van der Waals surface area contributed by atoms with Crippen molar-refractivity contribution in [3.63, 3.8) is 0 Å².